The van der Waals surface area contributed by atoms with E-state index in [2.05, 4.69) is 47.7 Å². The Hall–Kier alpha value is -4.49. The van der Waals surface area contributed by atoms with Crippen LogP contribution in [0.3, 0.4) is 0 Å². The molecule has 0 aliphatic heterocycles. The Balaban J connectivity index is 1.45. The molecule has 0 aliphatic carbocycles. The van der Waals surface area contributed by atoms with E-state index in [1.54, 1.807) is 36.4 Å². The highest BCUT2D eigenvalue weighted by atomic mass is 79.9. The number of hydrazone groups is 1. The van der Waals surface area contributed by atoms with Gasteiger partial charge in [-0.25, -0.2) is 10.2 Å². The van der Waals surface area contributed by atoms with Gasteiger partial charge in [0.25, 0.3) is 11.8 Å². The smallest absolute Gasteiger partial charge is 0.416 e. The number of hydrogen-bond donors (Lipinski definition) is 2. The van der Waals surface area contributed by atoms with Gasteiger partial charge in [-0.05, 0) is 88.7 Å². The lowest BCUT2D eigenvalue weighted by molar-refractivity contribution is -0.137. The maximum Gasteiger partial charge on any atom is 0.416 e. The first-order chi connectivity index (χ1) is 20.4. The number of esters is 1. The second kappa shape index (κ2) is 13.7. The van der Waals surface area contributed by atoms with Crippen LogP contribution in [0.1, 0.15) is 42.2 Å². The van der Waals surface area contributed by atoms with Crippen molar-refractivity contribution in [2.75, 3.05) is 12.4 Å². The molecule has 0 saturated heterocycles. The normalized spacial score (nSPS) is 11.2. The number of carbonyl (C=O) groups excluding carboxylic acids is 3. The number of nitrogens with zero attached hydrogens (tertiary/aromatic N) is 1. The topological polar surface area (TPSA) is 106 Å². The van der Waals surface area contributed by atoms with Crippen LogP contribution in [0.5, 0.6) is 11.5 Å². The summed E-state index contributed by atoms with van der Waals surface area (Å²) in [7, 11) is 1.51. The summed E-state index contributed by atoms with van der Waals surface area (Å²) in [5.41, 5.74) is 2.13. The lowest BCUT2D eigenvalue weighted by Gasteiger charge is -2.11. The van der Waals surface area contributed by atoms with Crippen LogP contribution < -0.4 is 20.2 Å². The Morgan fingerprint density at radius 1 is 0.837 bits per heavy atom. The van der Waals surface area contributed by atoms with Crippen LogP contribution in [-0.4, -0.2) is 31.1 Å². The van der Waals surface area contributed by atoms with Crippen molar-refractivity contribution in [1.82, 2.24) is 5.43 Å². The van der Waals surface area contributed by atoms with E-state index in [9.17, 15) is 27.6 Å². The Morgan fingerprint density at radius 2 is 1.51 bits per heavy atom. The fourth-order valence-electron chi connectivity index (χ4n) is 3.67. The van der Waals surface area contributed by atoms with Crippen molar-refractivity contribution in [2.24, 2.45) is 5.10 Å². The maximum absolute atomic E-state index is 13.0. The summed E-state index contributed by atoms with van der Waals surface area (Å²) in [6, 6.07) is 19.4. The molecular formula is C30H20Br2F3N3O5. The molecule has 4 aromatic carbocycles. The van der Waals surface area contributed by atoms with Gasteiger partial charge < -0.3 is 14.8 Å². The van der Waals surface area contributed by atoms with Gasteiger partial charge in [0.2, 0.25) is 0 Å². The summed E-state index contributed by atoms with van der Waals surface area (Å²) < 4.78 is 50.8. The number of amides is 2. The first kappa shape index (κ1) is 31.4. The van der Waals surface area contributed by atoms with Crippen molar-refractivity contribution in [3.63, 3.8) is 0 Å². The van der Waals surface area contributed by atoms with Gasteiger partial charge in [-0.3, -0.25) is 9.59 Å². The fourth-order valence-corrected chi connectivity index (χ4v) is 5.00. The van der Waals surface area contributed by atoms with Gasteiger partial charge in [-0.2, -0.15) is 18.3 Å². The molecule has 0 aromatic heterocycles. The number of carbonyl (C=O) groups is 3. The Bertz CT molecular complexity index is 1710. The molecule has 0 atom stereocenters. The molecule has 220 valence electrons. The van der Waals surface area contributed by atoms with Crippen molar-refractivity contribution in [1.29, 1.82) is 0 Å². The Morgan fingerprint density at radius 3 is 2.19 bits per heavy atom. The minimum atomic E-state index is -4.60. The SMILES string of the molecule is COc1ccc(C(=O)Oc2c(Br)cc(Br)cc2C=NNC(=O)c2cccc(NC(=O)c3cccc(C(F)(F)F)c3)c2)cc1. The number of nitrogens with one attached hydrogen (secondary N) is 2. The Kier molecular flexibility index (Phi) is 9.99. The zero-order valence-corrected chi connectivity index (χ0v) is 25.2. The largest absolute Gasteiger partial charge is 0.497 e. The van der Waals surface area contributed by atoms with Gasteiger partial charge >= 0.3 is 12.1 Å². The molecule has 4 aromatic rings. The fraction of sp³-hybridized carbons (Fsp3) is 0.0667. The van der Waals surface area contributed by atoms with Crippen LogP contribution >= 0.6 is 31.9 Å². The number of anilines is 1. The van der Waals surface area contributed by atoms with E-state index < -0.39 is 29.5 Å². The number of alkyl halides is 3. The third kappa shape index (κ3) is 8.30. The van der Waals surface area contributed by atoms with Crippen molar-refractivity contribution in [3.05, 3.63) is 122 Å². The Labute approximate surface area is 260 Å². The standard InChI is InChI=1S/C30H20Br2F3N3O5/c1-42-24-10-8-17(9-11-24)29(41)43-26-20(13-22(31)15-25(26)32)16-36-38-28(40)19-5-3-7-23(14-19)37-27(39)18-4-2-6-21(12-18)30(33,34)35/h2-16H,1H3,(H,37,39)(H,38,40). The van der Waals surface area contributed by atoms with Gasteiger partial charge in [-0.15, -0.1) is 0 Å². The summed E-state index contributed by atoms with van der Waals surface area (Å²) >= 11 is 6.74. The number of rotatable bonds is 8. The monoisotopic (exact) mass is 717 g/mol. The van der Waals surface area contributed by atoms with Crippen molar-refractivity contribution >= 4 is 61.5 Å². The number of benzene rings is 4. The van der Waals surface area contributed by atoms with E-state index in [0.717, 1.165) is 18.2 Å². The minimum absolute atomic E-state index is 0.112. The molecule has 43 heavy (non-hydrogen) atoms. The predicted molar refractivity (Wildman–Crippen MR) is 161 cm³/mol. The number of hydrogen-bond acceptors (Lipinski definition) is 6. The first-order valence-electron chi connectivity index (χ1n) is 12.2. The maximum atomic E-state index is 13.0. The molecule has 2 amide bonds. The van der Waals surface area contributed by atoms with Crippen LogP contribution in [0.25, 0.3) is 0 Å². The molecule has 13 heteroatoms. The molecule has 0 fully saturated rings. The van der Waals surface area contributed by atoms with Gasteiger partial charge in [0.15, 0.2) is 5.75 Å². The average Bonchev–Trinajstić information content (AvgIpc) is 2.98. The second-order valence-corrected chi connectivity index (χ2v) is 10.5. The average molecular weight is 719 g/mol. The number of ether oxygens (including phenoxy) is 2. The number of halogens is 5. The lowest BCUT2D eigenvalue weighted by atomic mass is 10.1. The third-order valence-corrected chi connectivity index (χ3v) is 6.81. The van der Waals surface area contributed by atoms with Crippen LogP contribution in [-0.2, 0) is 6.18 Å². The molecular weight excluding hydrogens is 699 g/mol. The molecule has 0 aliphatic rings. The molecule has 0 unspecified atom stereocenters. The first-order valence-corrected chi connectivity index (χ1v) is 13.8. The van der Waals surface area contributed by atoms with Crippen LogP contribution in [0.2, 0.25) is 0 Å². The molecule has 0 saturated carbocycles. The van der Waals surface area contributed by atoms with Gasteiger partial charge in [0, 0.05) is 26.9 Å². The zero-order valence-electron chi connectivity index (χ0n) is 22.0. The molecule has 0 radical (unpaired) electrons. The van der Waals surface area contributed by atoms with Gasteiger partial charge in [0.1, 0.15) is 5.75 Å². The highest BCUT2D eigenvalue weighted by molar-refractivity contribution is 9.11. The van der Waals surface area contributed by atoms with Gasteiger partial charge in [0.05, 0.1) is 28.9 Å². The van der Waals surface area contributed by atoms with Crippen molar-refractivity contribution in [3.8, 4) is 11.5 Å². The quantitative estimate of drug-likeness (QED) is 0.0851. The van der Waals surface area contributed by atoms with Gasteiger partial charge in [-0.1, -0.05) is 28.1 Å². The molecule has 8 nitrogen and oxygen atoms in total. The molecule has 2 N–H and O–H groups in total. The van der Waals surface area contributed by atoms with Crippen molar-refractivity contribution < 1.29 is 37.0 Å². The van der Waals surface area contributed by atoms with Crippen LogP contribution in [0.4, 0.5) is 18.9 Å². The zero-order chi connectivity index (χ0) is 31.1. The summed E-state index contributed by atoms with van der Waals surface area (Å²) in [6.07, 6.45) is -3.32. The highest BCUT2D eigenvalue weighted by Gasteiger charge is 2.31. The van der Waals surface area contributed by atoms with Crippen LogP contribution in [0.15, 0.2) is 99.0 Å². The van der Waals surface area contributed by atoms with E-state index in [0.29, 0.717) is 20.3 Å². The van der Waals surface area contributed by atoms with E-state index in [-0.39, 0.29) is 28.1 Å². The van der Waals surface area contributed by atoms with E-state index >= 15 is 0 Å². The van der Waals surface area contributed by atoms with E-state index in [1.807, 2.05) is 0 Å². The molecule has 0 heterocycles. The lowest BCUT2D eigenvalue weighted by Crippen LogP contribution is -2.19. The molecule has 0 bridgehead atoms. The highest BCUT2D eigenvalue weighted by Crippen LogP contribution is 2.33. The summed E-state index contributed by atoms with van der Waals surface area (Å²) in [4.78, 5) is 38.0. The predicted octanol–water partition coefficient (Wildman–Crippen LogP) is 7.47. The summed E-state index contributed by atoms with van der Waals surface area (Å²) in [5, 5.41) is 6.45. The third-order valence-electron chi connectivity index (χ3n) is 5.76. The van der Waals surface area contributed by atoms with E-state index in [4.69, 9.17) is 9.47 Å². The summed E-state index contributed by atoms with van der Waals surface area (Å²) in [5.74, 6) is -1.32. The summed E-state index contributed by atoms with van der Waals surface area (Å²) in [6.45, 7) is 0. The molecule has 4 rings (SSSR count). The second-order valence-electron chi connectivity index (χ2n) is 8.74. The van der Waals surface area contributed by atoms with Crippen LogP contribution in [0, 0.1) is 0 Å². The molecule has 0 spiro atoms. The number of methoxy groups -OCH3 is 1. The van der Waals surface area contributed by atoms with E-state index in [1.165, 1.54) is 43.7 Å². The van der Waals surface area contributed by atoms with Crippen molar-refractivity contribution in [2.45, 2.75) is 6.18 Å². The minimum Gasteiger partial charge on any atom is -0.497 e.